The predicted octanol–water partition coefficient (Wildman–Crippen LogP) is 12.0. The Morgan fingerprint density at radius 3 is 1.10 bits per heavy atom. The van der Waals surface area contributed by atoms with Crippen molar-refractivity contribution in [3.05, 3.63) is 48.3 Å². The Morgan fingerprint density at radius 1 is 0.425 bits per heavy atom. The average molecular weight is 553 g/mol. The number of benzene rings is 1. The lowest BCUT2D eigenvalue weighted by molar-refractivity contribution is 0.148. The summed E-state index contributed by atoms with van der Waals surface area (Å²) in [5, 5.41) is 0. The minimum Gasteiger partial charge on any atom is -0.356 e. The van der Waals surface area contributed by atoms with E-state index >= 15 is 0 Å². The minimum atomic E-state index is 0.503. The Kier molecular flexibility index (Phi) is 22.0. The molecule has 2 nitrogen and oxygen atoms in total. The Bertz CT molecular complexity index is 646. The summed E-state index contributed by atoms with van der Waals surface area (Å²) in [6.07, 6.45) is 40.6. The van der Waals surface area contributed by atoms with Gasteiger partial charge in [0, 0.05) is 31.9 Å². The van der Waals surface area contributed by atoms with Crippen molar-refractivity contribution >= 4 is 0 Å². The Balaban J connectivity index is 1.57. The maximum atomic E-state index is 2.64. The summed E-state index contributed by atoms with van der Waals surface area (Å²) in [5.41, 5.74) is 1.47. The van der Waals surface area contributed by atoms with Crippen LogP contribution in [0.3, 0.4) is 0 Å². The first-order valence-corrected chi connectivity index (χ1v) is 18.1. The quantitative estimate of drug-likeness (QED) is 0.0954. The second-order valence-corrected chi connectivity index (χ2v) is 12.7. The first-order chi connectivity index (χ1) is 19.8. The van der Waals surface area contributed by atoms with Gasteiger partial charge in [-0.05, 0) is 18.4 Å². The van der Waals surface area contributed by atoms with Gasteiger partial charge in [-0.3, -0.25) is 0 Å². The molecule has 40 heavy (non-hydrogen) atoms. The van der Waals surface area contributed by atoms with Crippen LogP contribution in [-0.2, 0) is 6.42 Å². The molecular formula is C38H68N2. The molecule has 0 aromatic heterocycles. The molecule has 0 unspecified atom stereocenters. The molecule has 0 N–H and O–H groups in total. The fraction of sp³-hybridized carbons (Fsp3) is 0.789. The van der Waals surface area contributed by atoms with Crippen molar-refractivity contribution < 1.29 is 0 Å². The highest BCUT2D eigenvalue weighted by Crippen LogP contribution is 2.23. The minimum absolute atomic E-state index is 0.503. The third-order valence-electron chi connectivity index (χ3n) is 9.02. The van der Waals surface area contributed by atoms with E-state index in [-0.39, 0.29) is 0 Å². The summed E-state index contributed by atoms with van der Waals surface area (Å²) in [6, 6.07) is 11.2. The molecular weight excluding hydrogens is 484 g/mol. The SMILES string of the molecule is CCCCCCCCCCCCCCN1C=CN(CCCCCCCCCCCCCC)C1Cc1ccccc1. The molecule has 0 bridgehead atoms. The van der Waals surface area contributed by atoms with Crippen molar-refractivity contribution in [2.24, 2.45) is 0 Å². The van der Waals surface area contributed by atoms with Gasteiger partial charge in [0.1, 0.15) is 6.17 Å². The Morgan fingerprint density at radius 2 is 0.750 bits per heavy atom. The van der Waals surface area contributed by atoms with Gasteiger partial charge in [0.2, 0.25) is 0 Å². The summed E-state index contributed by atoms with van der Waals surface area (Å²) in [6.45, 7) is 7.03. The maximum Gasteiger partial charge on any atom is 0.105 e. The molecule has 2 heteroatoms. The molecule has 2 rings (SSSR count). The van der Waals surface area contributed by atoms with E-state index in [1.165, 1.54) is 173 Å². The Hall–Kier alpha value is -1.44. The molecule has 230 valence electrons. The summed E-state index contributed by atoms with van der Waals surface area (Å²) in [5.74, 6) is 0. The van der Waals surface area contributed by atoms with E-state index in [0.29, 0.717) is 6.17 Å². The largest absolute Gasteiger partial charge is 0.356 e. The van der Waals surface area contributed by atoms with E-state index in [0.717, 1.165) is 6.42 Å². The smallest absolute Gasteiger partial charge is 0.105 e. The lowest BCUT2D eigenvalue weighted by Crippen LogP contribution is -2.41. The molecule has 1 aromatic carbocycles. The molecule has 0 saturated carbocycles. The zero-order chi connectivity index (χ0) is 28.4. The van der Waals surface area contributed by atoms with Crippen LogP contribution in [0.2, 0.25) is 0 Å². The highest BCUT2D eigenvalue weighted by atomic mass is 15.4. The standard InChI is InChI=1S/C38H68N2/c1-3-5-7-9-11-13-15-17-19-21-23-28-32-39-34-35-40(38(39)36-37-30-26-25-27-31-37)33-29-24-22-20-18-16-14-12-10-8-6-4-2/h25-27,30-31,34-35,38H,3-24,28-29,32-33,36H2,1-2H3. The van der Waals surface area contributed by atoms with Gasteiger partial charge in [-0.2, -0.15) is 0 Å². The molecule has 0 saturated heterocycles. The van der Waals surface area contributed by atoms with E-state index in [4.69, 9.17) is 0 Å². The molecule has 0 amide bonds. The maximum absolute atomic E-state index is 2.64. The van der Waals surface area contributed by atoms with Crippen molar-refractivity contribution in [2.45, 2.75) is 181 Å². The van der Waals surface area contributed by atoms with Crippen LogP contribution in [0.15, 0.2) is 42.7 Å². The molecule has 1 aromatic rings. The van der Waals surface area contributed by atoms with Crippen LogP contribution in [0.25, 0.3) is 0 Å². The van der Waals surface area contributed by atoms with Gasteiger partial charge < -0.3 is 9.80 Å². The first kappa shape index (κ1) is 34.8. The van der Waals surface area contributed by atoms with Gasteiger partial charge in [-0.25, -0.2) is 0 Å². The zero-order valence-corrected chi connectivity index (χ0v) is 27.1. The number of unbranched alkanes of at least 4 members (excludes halogenated alkanes) is 22. The number of hydrogen-bond acceptors (Lipinski definition) is 2. The van der Waals surface area contributed by atoms with E-state index in [1.807, 2.05) is 0 Å². The summed E-state index contributed by atoms with van der Waals surface area (Å²) < 4.78 is 0. The number of rotatable bonds is 28. The lowest BCUT2D eigenvalue weighted by Gasteiger charge is -2.33. The van der Waals surface area contributed by atoms with Crippen LogP contribution < -0.4 is 0 Å². The molecule has 0 spiro atoms. The van der Waals surface area contributed by atoms with Crippen LogP contribution in [-0.4, -0.2) is 29.1 Å². The average Bonchev–Trinajstić information content (AvgIpc) is 3.35. The van der Waals surface area contributed by atoms with Crippen molar-refractivity contribution in [1.29, 1.82) is 0 Å². The monoisotopic (exact) mass is 553 g/mol. The van der Waals surface area contributed by atoms with Gasteiger partial charge in [0.15, 0.2) is 0 Å². The summed E-state index contributed by atoms with van der Waals surface area (Å²) in [7, 11) is 0. The van der Waals surface area contributed by atoms with Crippen LogP contribution in [0.4, 0.5) is 0 Å². The molecule has 0 atom stereocenters. The van der Waals surface area contributed by atoms with Crippen molar-refractivity contribution in [3.63, 3.8) is 0 Å². The van der Waals surface area contributed by atoms with Gasteiger partial charge in [0.05, 0.1) is 0 Å². The van der Waals surface area contributed by atoms with Crippen LogP contribution in [0.1, 0.15) is 174 Å². The summed E-state index contributed by atoms with van der Waals surface area (Å²) in [4.78, 5) is 5.29. The second-order valence-electron chi connectivity index (χ2n) is 12.7. The molecule has 1 heterocycles. The zero-order valence-electron chi connectivity index (χ0n) is 27.1. The van der Waals surface area contributed by atoms with E-state index < -0.39 is 0 Å². The summed E-state index contributed by atoms with van der Waals surface area (Å²) >= 11 is 0. The van der Waals surface area contributed by atoms with Crippen LogP contribution in [0, 0.1) is 0 Å². The normalized spacial score (nSPS) is 13.7. The van der Waals surface area contributed by atoms with Gasteiger partial charge in [0.25, 0.3) is 0 Å². The fourth-order valence-corrected chi connectivity index (χ4v) is 6.34. The lowest BCUT2D eigenvalue weighted by atomic mass is 10.0. The fourth-order valence-electron chi connectivity index (χ4n) is 6.34. The molecule has 1 aliphatic rings. The highest BCUT2D eigenvalue weighted by Gasteiger charge is 2.25. The van der Waals surface area contributed by atoms with E-state index in [2.05, 4.69) is 66.4 Å². The number of hydrogen-bond donors (Lipinski definition) is 0. The van der Waals surface area contributed by atoms with E-state index in [9.17, 15) is 0 Å². The van der Waals surface area contributed by atoms with Crippen molar-refractivity contribution in [1.82, 2.24) is 9.80 Å². The van der Waals surface area contributed by atoms with Crippen molar-refractivity contribution in [2.75, 3.05) is 13.1 Å². The molecule has 0 fully saturated rings. The van der Waals surface area contributed by atoms with Crippen LogP contribution >= 0.6 is 0 Å². The molecule has 0 aliphatic carbocycles. The molecule has 0 radical (unpaired) electrons. The Labute approximate surface area is 251 Å². The van der Waals surface area contributed by atoms with Gasteiger partial charge in [-0.15, -0.1) is 0 Å². The highest BCUT2D eigenvalue weighted by molar-refractivity contribution is 5.17. The second kappa shape index (κ2) is 25.3. The first-order valence-electron chi connectivity index (χ1n) is 18.1. The van der Waals surface area contributed by atoms with Gasteiger partial charge >= 0.3 is 0 Å². The topological polar surface area (TPSA) is 6.48 Å². The third kappa shape index (κ3) is 17.4. The third-order valence-corrected chi connectivity index (χ3v) is 9.02. The van der Waals surface area contributed by atoms with Crippen LogP contribution in [0.5, 0.6) is 0 Å². The van der Waals surface area contributed by atoms with E-state index in [1.54, 1.807) is 0 Å². The molecule has 1 aliphatic heterocycles. The van der Waals surface area contributed by atoms with Crippen molar-refractivity contribution in [3.8, 4) is 0 Å². The number of nitrogens with zero attached hydrogens (tertiary/aromatic N) is 2. The predicted molar refractivity (Wildman–Crippen MR) is 179 cm³/mol. The van der Waals surface area contributed by atoms with Gasteiger partial charge in [-0.1, -0.05) is 185 Å².